The van der Waals surface area contributed by atoms with Crippen LogP contribution in [-0.2, 0) is 0 Å². The van der Waals surface area contributed by atoms with Gasteiger partial charge >= 0.3 is 0 Å². The van der Waals surface area contributed by atoms with E-state index in [9.17, 15) is 4.79 Å². The molecular weight excluding hydrogens is 188 g/mol. The fourth-order valence-corrected chi connectivity index (χ4v) is 2.03. The van der Waals surface area contributed by atoms with Crippen molar-refractivity contribution in [3.05, 3.63) is 30.1 Å². The first-order valence-corrected chi connectivity index (χ1v) is 5.47. The fourth-order valence-electron chi connectivity index (χ4n) is 2.03. The highest BCUT2D eigenvalue weighted by atomic mass is 16.2. The molecule has 1 aliphatic heterocycles. The zero-order valence-corrected chi connectivity index (χ0v) is 9.02. The molecule has 0 bridgehead atoms. The number of nitrogens with zero attached hydrogens (tertiary/aromatic N) is 2. The van der Waals surface area contributed by atoms with Gasteiger partial charge in [-0.2, -0.15) is 0 Å². The smallest absolute Gasteiger partial charge is 0.272 e. The van der Waals surface area contributed by atoms with E-state index in [1.165, 1.54) is 6.42 Å². The number of rotatable bonds is 1. The summed E-state index contributed by atoms with van der Waals surface area (Å²) in [6, 6.07) is 5.46. The van der Waals surface area contributed by atoms with E-state index in [1.54, 1.807) is 12.3 Å². The molecule has 80 valence electrons. The zero-order valence-electron chi connectivity index (χ0n) is 9.02. The molecule has 0 aliphatic carbocycles. The molecule has 3 heteroatoms. The molecule has 0 radical (unpaired) electrons. The molecule has 1 aromatic heterocycles. The van der Waals surface area contributed by atoms with Crippen LogP contribution in [0.2, 0.25) is 0 Å². The van der Waals surface area contributed by atoms with Crippen molar-refractivity contribution in [3.8, 4) is 0 Å². The molecule has 2 heterocycles. The van der Waals surface area contributed by atoms with Gasteiger partial charge in [0.05, 0.1) is 0 Å². The Labute approximate surface area is 90.1 Å². The predicted molar refractivity (Wildman–Crippen MR) is 58.5 cm³/mol. The van der Waals surface area contributed by atoms with Crippen molar-refractivity contribution in [3.63, 3.8) is 0 Å². The molecule has 1 aliphatic rings. The molecule has 2 rings (SSSR count). The van der Waals surface area contributed by atoms with Gasteiger partial charge in [0.1, 0.15) is 5.69 Å². The van der Waals surface area contributed by atoms with Crippen LogP contribution in [-0.4, -0.2) is 28.9 Å². The van der Waals surface area contributed by atoms with E-state index in [-0.39, 0.29) is 5.91 Å². The van der Waals surface area contributed by atoms with Crippen LogP contribution in [0.25, 0.3) is 0 Å². The van der Waals surface area contributed by atoms with Gasteiger partial charge in [0.15, 0.2) is 0 Å². The lowest BCUT2D eigenvalue weighted by Crippen LogP contribution is -2.39. The highest BCUT2D eigenvalue weighted by molar-refractivity contribution is 5.92. The molecular formula is C12H16N2O. The Hall–Kier alpha value is -1.38. The molecule has 0 N–H and O–H groups in total. The van der Waals surface area contributed by atoms with Gasteiger partial charge in [0.25, 0.3) is 5.91 Å². The molecule has 1 atom stereocenters. The number of amides is 1. The van der Waals surface area contributed by atoms with E-state index in [0.717, 1.165) is 19.5 Å². The SMILES string of the molecule is C[C@H]1CCCN(C(=O)c2ccccn2)C1. The van der Waals surface area contributed by atoms with Crippen LogP contribution in [0, 0.1) is 5.92 Å². The lowest BCUT2D eigenvalue weighted by atomic mass is 10.00. The Morgan fingerprint density at radius 2 is 2.40 bits per heavy atom. The second-order valence-electron chi connectivity index (χ2n) is 4.21. The highest BCUT2D eigenvalue weighted by Gasteiger charge is 2.22. The largest absolute Gasteiger partial charge is 0.337 e. The van der Waals surface area contributed by atoms with E-state index in [1.807, 2.05) is 17.0 Å². The minimum absolute atomic E-state index is 0.0714. The molecule has 0 saturated carbocycles. The average molecular weight is 204 g/mol. The minimum Gasteiger partial charge on any atom is -0.337 e. The van der Waals surface area contributed by atoms with Crippen LogP contribution >= 0.6 is 0 Å². The Morgan fingerprint density at radius 1 is 1.53 bits per heavy atom. The summed E-state index contributed by atoms with van der Waals surface area (Å²) < 4.78 is 0. The second kappa shape index (κ2) is 4.43. The van der Waals surface area contributed by atoms with E-state index in [2.05, 4.69) is 11.9 Å². The molecule has 1 aromatic rings. The minimum atomic E-state index is 0.0714. The number of aromatic nitrogens is 1. The monoisotopic (exact) mass is 204 g/mol. The summed E-state index contributed by atoms with van der Waals surface area (Å²) in [5, 5.41) is 0. The van der Waals surface area contributed by atoms with Gasteiger partial charge in [-0.15, -0.1) is 0 Å². The topological polar surface area (TPSA) is 33.2 Å². The van der Waals surface area contributed by atoms with E-state index < -0.39 is 0 Å². The number of hydrogen-bond donors (Lipinski definition) is 0. The molecule has 1 fully saturated rings. The standard InChI is InChI=1S/C12H16N2O/c1-10-5-4-8-14(9-10)12(15)11-6-2-3-7-13-11/h2-3,6-7,10H,4-5,8-9H2,1H3/t10-/m0/s1. The Morgan fingerprint density at radius 3 is 3.07 bits per heavy atom. The quantitative estimate of drug-likeness (QED) is 0.700. The maximum absolute atomic E-state index is 12.0. The number of piperidine rings is 1. The molecule has 1 saturated heterocycles. The first-order valence-electron chi connectivity index (χ1n) is 5.47. The van der Waals surface area contributed by atoms with Gasteiger partial charge in [-0.3, -0.25) is 9.78 Å². The highest BCUT2D eigenvalue weighted by Crippen LogP contribution is 2.16. The van der Waals surface area contributed by atoms with Gasteiger partial charge in [0.2, 0.25) is 0 Å². The van der Waals surface area contributed by atoms with Gasteiger partial charge in [-0.05, 0) is 30.9 Å². The normalized spacial score (nSPS) is 21.4. The molecule has 15 heavy (non-hydrogen) atoms. The fraction of sp³-hybridized carbons (Fsp3) is 0.500. The zero-order chi connectivity index (χ0) is 10.7. The van der Waals surface area contributed by atoms with E-state index in [0.29, 0.717) is 11.6 Å². The Bertz CT molecular complexity index is 337. The number of carbonyl (C=O) groups is 1. The van der Waals surface area contributed by atoms with Gasteiger partial charge < -0.3 is 4.90 Å². The van der Waals surface area contributed by atoms with E-state index in [4.69, 9.17) is 0 Å². The Kier molecular flexibility index (Phi) is 2.99. The van der Waals surface area contributed by atoms with Crippen molar-refractivity contribution in [1.29, 1.82) is 0 Å². The number of pyridine rings is 1. The van der Waals surface area contributed by atoms with Crippen LogP contribution in [0.15, 0.2) is 24.4 Å². The van der Waals surface area contributed by atoms with Gasteiger partial charge in [0, 0.05) is 19.3 Å². The van der Waals surface area contributed by atoms with Crippen LogP contribution < -0.4 is 0 Å². The summed E-state index contributed by atoms with van der Waals surface area (Å²) in [4.78, 5) is 18.0. The molecule has 0 unspecified atom stereocenters. The van der Waals surface area contributed by atoms with Crippen molar-refractivity contribution < 1.29 is 4.79 Å². The maximum atomic E-state index is 12.0. The first-order chi connectivity index (χ1) is 7.27. The third-order valence-corrected chi connectivity index (χ3v) is 2.83. The number of carbonyl (C=O) groups excluding carboxylic acids is 1. The van der Waals surface area contributed by atoms with Crippen LogP contribution in [0.3, 0.4) is 0 Å². The second-order valence-corrected chi connectivity index (χ2v) is 4.21. The molecule has 0 aromatic carbocycles. The van der Waals surface area contributed by atoms with Crippen molar-refractivity contribution in [2.24, 2.45) is 5.92 Å². The van der Waals surface area contributed by atoms with Crippen molar-refractivity contribution in [2.75, 3.05) is 13.1 Å². The van der Waals surface area contributed by atoms with Crippen LogP contribution in [0.5, 0.6) is 0 Å². The van der Waals surface area contributed by atoms with Gasteiger partial charge in [-0.1, -0.05) is 13.0 Å². The summed E-state index contributed by atoms with van der Waals surface area (Å²) in [6.07, 6.45) is 4.01. The van der Waals surface area contributed by atoms with Gasteiger partial charge in [-0.25, -0.2) is 0 Å². The van der Waals surface area contributed by atoms with Crippen LogP contribution in [0.4, 0.5) is 0 Å². The van der Waals surface area contributed by atoms with Crippen molar-refractivity contribution >= 4 is 5.91 Å². The maximum Gasteiger partial charge on any atom is 0.272 e. The molecule has 3 nitrogen and oxygen atoms in total. The summed E-state index contributed by atoms with van der Waals surface area (Å²) in [7, 11) is 0. The number of hydrogen-bond acceptors (Lipinski definition) is 2. The van der Waals surface area contributed by atoms with E-state index >= 15 is 0 Å². The van der Waals surface area contributed by atoms with Crippen molar-refractivity contribution in [2.45, 2.75) is 19.8 Å². The summed E-state index contributed by atoms with van der Waals surface area (Å²) in [5.41, 5.74) is 0.562. The summed E-state index contributed by atoms with van der Waals surface area (Å²) >= 11 is 0. The number of likely N-dealkylation sites (tertiary alicyclic amines) is 1. The lowest BCUT2D eigenvalue weighted by Gasteiger charge is -2.30. The predicted octanol–water partition coefficient (Wildman–Crippen LogP) is 1.95. The molecule has 1 amide bonds. The Balaban J connectivity index is 2.08. The summed E-state index contributed by atoms with van der Waals surface area (Å²) in [5.74, 6) is 0.688. The third kappa shape index (κ3) is 2.35. The third-order valence-electron chi connectivity index (χ3n) is 2.83. The molecule has 0 spiro atoms. The van der Waals surface area contributed by atoms with Crippen LogP contribution in [0.1, 0.15) is 30.3 Å². The van der Waals surface area contributed by atoms with Crippen molar-refractivity contribution in [1.82, 2.24) is 9.88 Å². The summed E-state index contributed by atoms with van der Waals surface area (Å²) in [6.45, 7) is 3.94. The lowest BCUT2D eigenvalue weighted by molar-refractivity contribution is 0.0677. The first kappa shape index (κ1) is 10.1. The average Bonchev–Trinajstić information content (AvgIpc) is 2.29.